The molecule has 2 N–H and O–H groups in total. The first-order valence-corrected chi connectivity index (χ1v) is 13.2. The zero-order valence-corrected chi connectivity index (χ0v) is 22.5. The molecule has 2 atom stereocenters. The van der Waals surface area contributed by atoms with Crippen LogP contribution in [0.15, 0.2) is 67.0 Å². The van der Waals surface area contributed by atoms with Gasteiger partial charge >= 0.3 is 0 Å². The summed E-state index contributed by atoms with van der Waals surface area (Å²) in [5.41, 5.74) is 7.01. The van der Waals surface area contributed by atoms with Gasteiger partial charge in [0.05, 0.1) is 30.0 Å². The van der Waals surface area contributed by atoms with E-state index >= 15 is 0 Å². The normalized spacial score (nSPS) is 13.0. The van der Waals surface area contributed by atoms with Crippen LogP contribution in [-0.2, 0) is 0 Å². The van der Waals surface area contributed by atoms with Crippen molar-refractivity contribution in [2.75, 3.05) is 6.61 Å². The number of aliphatic hydroxyl groups excluding tert-OH is 1. The van der Waals surface area contributed by atoms with Crippen LogP contribution < -0.4 is 5.32 Å². The molecule has 0 aliphatic rings. The van der Waals surface area contributed by atoms with Crippen molar-refractivity contribution in [1.29, 1.82) is 0 Å². The molecule has 0 radical (unpaired) electrons. The molecule has 2 heterocycles. The van der Waals surface area contributed by atoms with E-state index in [0.717, 1.165) is 43.7 Å². The number of aryl methyl sites for hydroxylation is 4. The van der Waals surface area contributed by atoms with Gasteiger partial charge in [0.2, 0.25) is 0 Å². The molecule has 0 aliphatic carbocycles. The standard InChI is InChI=1S/C30H29FN4O2S/c1-17-11-19(3)25(12-18(17)2)28(26(16-36)34-29(37)30-32-14-20(4)38-30)21-5-10-27-22(13-21)15-33-35(27)24-8-6-23(31)7-9-24/h5-15,26,28,36H,16H2,1-4H3,(H,34,37)/t26-,28-/m1/s1. The molecule has 6 nitrogen and oxygen atoms in total. The van der Waals surface area contributed by atoms with Gasteiger partial charge in [-0.15, -0.1) is 11.3 Å². The molecule has 5 aromatic rings. The maximum Gasteiger partial charge on any atom is 0.280 e. The minimum atomic E-state index is -0.586. The van der Waals surface area contributed by atoms with Gasteiger partial charge in [-0.2, -0.15) is 5.10 Å². The molecule has 2 aromatic heterocycles. The molecule has 8 heteroatoms. The third kappa shape index (κ3) is 4.97. The lowest BCUT2D eigenvalue weighted by atomic mass is 9.81. The van der Waals surface area contributed by atoms with E-state index in [9.17, 15) is 14.3 Å². The number of halogens is 1. The van der Waals surface area contributed by atoms with E-state index < -0.39 is 6.04 Å². The minimum absolute atomic E-state index is 0.250. The quantitative estimate of drug-likeness (QED) is 0.281. The van der Waals surface area contributed by atoms with Gasteiger partial charge in [0.25, 0.3) is 5.91 Å². The number of nitrogens with one attached hydrogen (secondary N) is 1. The molecule has 0 unspecified atom stereocenters. The monoisotopic (exact) mass is 528 g/mol. The number of amides is 1. The second kappa shape index (κ2) is 10.5. The first-order valence-electron chi connectivity index (χ1n) is 12.4. The van der Waals surface area contributed by atoms with Crippen LogP contribution in [0.2, 0.25) is 0 Å². The Morgan fingerprint density at radius 2 is 1.74 bits per heavy atom. The van der Waals surface area contributed by atoms with Crippen LogP contribution in [0.4, 0.5) is 4.39 Å². The highest BCUT2D eigenvalue weighted by atomic mass is 32.1. The number of aromatic nitrogens is 3. The average Bonchev–Trinajstić information content (AvgIpc) is 3.53. The zero-order valence-electron chi connectivity index (χ0n) is 21.7. The first-order chi connectivity index (χ1) is 18.2. The third-order valence-electron chi connectivity index (χ3n) is 6.97. The van der Waals surface area contributed by atoms with Crippen LogP contribution in [0, 0.1) is 33.5 Å². The SMILES string of the molecule is Cc1cnc(C(=O)N[C@H](CO)[C@H](c2ccc3c(cnn3-c3ccc(F)cc3)c2)c2cc(C)c(C)cc2C)s1. The van der Waals surface area contributed by atoms with Gasteiger partial charge in [0.15, 0.2) is 5.01 Å². The Bertz CT molecular complexity index is 1620. The van der Waals surface area contributed by atoms with Crippen molar-refractivity contribution in [1.82, 2.24) is 20.1 Å². The maximum absolute atomic E-state index is 13.5. The molecule has 0 aliphatic heterocycles. The van der Waals surface area contributed by atoms with Crippen LogP contribution in [0.5, 0.6) is 0 Å². The highest BCUT2D eigenvalue weighted by Crippen LogP contribution is 2.34. The van der Waals surface area contributed by atoms with Crippen molar-refractivity contribution in [2.45, 2.75) is 39.7 Å². The molecule has 0 saturated carbocycles. The van der Waals surface area contributed by atoms with E-state index in [1.165, 1.54) is 29.0 Å². The summed E-state index contributed by atoms with van der Waals surface area (Å²) in [6.07, 6.45) is 3.45. The molecular formula is C30H29FN4O2S. The number of hydrogen-bond donors (Lipinski definition) is 2. The molecule has 38 heavy (non-hydrogen) atoms. The van der Waals surface area contributed by atoms with Gasteiger partial charge in [0.1, 0.15) is 5.82 Å². The molecule has 0 saturated heterocycles. The average molecular weight is 529 g/mol. The molecule has 194 valence electrons. The number of carbonyl (C=O) groups excluding carboxylic acids is 1. The first kappa shape index (κ1) is 25.8. The van der Waals surface area contributed by atoms with Gasteiger partial charge in [-0.05, 0) is 91.9 Å². The molecule has 5 rings (SSSR count). The zero-order chi connectivity index (χ0) is 27.0. The van der Waals surface area contributed by atoms with E-state index in [-0.39, 0.29) is 24.2 Å². The summed E-state index contributed by atoms with van der Waals surface area (Å²) in [5, 5.41) is 19.4. The summed E-state index contributed by atoms with van der Waals surface area (Å²) in [4.78, 5) is 18.2. The fraction of sp³-hybridized carbons (Fsp3) is 0.233. The summed E-state index contributed by atoms with van der Waals surface area (Å²) in [7, 11) is 0. The maximum atomic E-state index is 13.5. The lowest BCUT2D eigenvalue weighted by molar-refractivity contribution is 0.0910. The Balaban J connectivity index is 1.59. The summed E-state index contributed by atoms with van der Waals surface area (Å²) in [5.74, 6) is -0.925. The topological polar surface area (TPSA) is 80.0 Å². The molecule has 0 fully saturated rings. The van der Waals surface area contributed by atoms with Crippen LogP contribution in [0.3, 0.4) is 0 Å². The van der Waals surface area contributed by atoms with E-state index in [1.807, 2.05) is 25.1 Å². The number of nitrogens with zero attached hydrogens (tertiary/aromatic N) is 3. The fourth-order valence-electron chi connectivity index (χ4n) is 4.90. The van der Waals surface area contributed by atoms with E-state index in [0.29, 0.717) is 5.01 Å². The fourth-order valence-corrected chi connectivity index (χ4v) is 5.57. The van der Waals surface area contributed by atoms with Gasteiger partial charge in [-0.3, -0.25) is 4.79 Å². The second-order valence-electron chi connectivity index (χ2n) is 9.66. The Morgan fingerprint density at radius 1 is 1.00 bits per heavy atom. The molecule has 0 spiro atoms. The molecule has 3 aromatic carbocycles. The third-order valence-corrected chi connectivity index (χ3v) is 7.88. The van der Waals surface area contributed by atoms with Crippen LogP contribution in [-0.4, -0.2) is 38.4 Å². The largest absolute Gasteiger partial charge is 0.394 e. The van der Waals surface area contributed by atoms with Crippen molar-refractivity contribution in [3.63, 3.8) is 0 Å². The highest BCUT2D eigenvalue weighted by molar-refractivity contribution is 7.13. The van der Waals surface area contributed by atoms with Crippen molar-refractivity contribution in [3.8, 4) is 5.69 Å². The van der Waals surface area contributed by atoms with Crippen LogP contribution in [0.25, 0.3) is 16.6 Å². The number of rotatable bonds is 7. The number of hydrogen-bond acceptors (Lipinski definition) is 5. The summed E-state index contributed by atoms with van der Waals surface area (Å²) in [6.45, 7) is 7.85. The van der Waals surface area contributed by atoms with Crippen molar-refractivity contribution in [3.05, 3.63) is 111 Å². The van der Waals surface area contributed by atoms with Crippen molar-refractivity contribution < 1.29 is 14.3 Å². The number of aliphatic hydroxyl groups is 1. The minimum Gasteiger partial charge on any atom is -0.394 e. The summed E-state index contributed by atoms with van der Waals surface area (Å²) < 4.78 is 15.2. The predicted molar refractivity (Wildman–Crippen MR) is 149 cm³/mol. The lowest BCUT2D eigenvalue weighted by Gasteiger charge is -2.29. The smallest absolute Gasteiger partial charge is 0.280 e. The predicted octanol–water partition coefficient (Wildman–Crippen LogP) is 5.78. The number of carbonyl (C=O) groups is 1. The van der Waals surface area contributed by atoms with Crippen molar-refractivity contribution in [2.24, 2.45) is 0 Å². The molecule has 0 bridgehead atoms. The van der Waals surface area contributed by atoms with E-state index in [1.54, 1.807) is 29.2 Å². The van der Waals surface area contributed by atoms with Gasteiger partial charge < -0.3 is 10.4 Å². The van der Waals surface area contributed by atoms with Gasteiger partial charge in [-0.1, -0.05) is 18.2 Å². The number of benzene rings is 3. The highest BCUT2D eigenvalue weighted by Gasteiger charge is 2.29. The Hall–Kier alpha value is -3.88. The second-order valence-corrected chi connectivity index (χ2v) is 10.9. The van der Waals surface area contributed by atoms with Crippen LogP contribution in [0.1, 0.15) is 48.4 Å². The van der Waals surface area contributed by atoms with Gasteiger partial charge in [-0.25, -0.2) is 14.1 Å². The summed E-state index contributed by atoms with van der Waals surface area (Å²) >= 11 is 1.32. The number of thiazole rings is 1. The summed E-state index contributed by atoms with van der Waals surface area (Å²) in [6, 6.07) is 15.9. The van der Waals surface area contributed by atoms with Crippen molar-refractivity contribution >= 4 is 28.1 Å². The molecule has 1 amide bonds. The van der Waals surface area contributed by atoms with Gasteiger partial charge in [0, 0.05) is 22.4 Å². The van der Waals surface area contributed by atoms with E-state index in [4.69, 9.17) is 0 Å². The Labute approximate surface area is 224 Å². The van der Waals surface area contributed by atoms with Crippen LogP contribution >= 0.6 is 11.3 Å². The number of fused-ring (bicyclic) bond motifs is 1. The lowest BCUT2D eigenvalue weighted by Crippen LogP contribution is -2.42. The molecular weight excluding hydrogens is 499 g/mol. The van der Waals surface area contributed by atoms with E-state index in [2.05, 4.69) is 48.3 Å². The Kier molecular flexibility index (Phi) is 7.10. The Morgan fingerprint density at radius 3 is 2.42 bits per heavy atom.